The molecule has 0 bridgehead atoms. The summed E-state index contributed by atoms with van der Waals surface area (Å²) in [5, 5.41) is 3.10. The molecule has 2 aromatic rings. The van der Waals surface area contributed by atoms with Gasteiger partial charge in [-0.15, -0.1) is 0 Å². The minimum Gasteiger partial charge on any atom is -0.330 e. The second-order valence-electron chi connectivity index (χ2n) is 4.10. The van der Waals surface area contributed by atoms with Crippen molar-refractivity contribution in [3.63, 3.8) is 0 Å². The number of nitrogens with two attached hydrogens (primary N) is 1. The summed E-state index contributed by atoms with van der Waals surface area (Å²) < 4.78 is 0. The summed E-state index contributed by atoms with van der Waals surface area (Å²) in [4.78, 5) is 7.82. The zero-order valence-electron chi connectivity index (χ0n) is 11.4. The van der Waals surface area contributed by atoms with Gasteiger partial charge in [0, 0.05) is 24.8 Å². The summed E-state index contributed by atoms with van der Waals surface area (Å²) in [6.45, 7) is 1.74. The van der Waals surface area contributed by atoms with E-state index >= 15 is 0 Å². The number of hydrogen-bond acceptors (Lipinski definition) is 4. The van der Waals surface area contributed by atoms with Crippen LogP contribution < -0.4 is 11.1 Å². The van der Waals surface area contributed by atoms with Gasteiger partial charge in [0.25, 0.3) is 0 Å². The molecule has 0 saturated carbocycles. The number of nitrogens with one attached hydrogen (secondary N) is 1. The molecule has 2 rings (SSSR count). The minimum absolute atomic E-state index is 0.712. The zero-order valence-corrected chi connectivity index (χ0v) is 11.4. The van der Waals surface area contributed by atoms with E-state index in [9.17, 15) is 0 Å². The van der Waals surface area contributed by atoms with E-state index in [4.69, 9.17) is 5.73 Å². The Hall–Kier alpha value is -1.78. The van der Waals surface area contributed by atoms with E-state index in [1.807, 2.05) is 43.7 Å². The molecule has 2 aromatic heterocycles. The summed E-state index contributed by atoms with van der Waals surface area (Å²) in [6.07, 6.45) is 9.24. The lowest BCUT2D eigenvalue weighted by Crippen LogP contribution is -2.10. The lowest BCUT2D eigenvalue weighted by atomic mass is 10.2. The predicted molar refractivity (Wildman–Crippen MR) is 78.9 cm³/mol. The molecule has 4 nitrogen and oxygen atoms in total. The molecule has 0 aliphatic heterocycles. The summed E-state index contributed by atoms with van der Waals surface area (Å²) in [7, 11) is 1.96. The second kappa shape index (κ2) is 10.2. The van der Waals surface area contributed by atoms with Crippen molar-refractivity contribution in [2.45, 2.75) is 12.8 Å². The van der Waals surface area contributed by atoms with E-state index in [0.717, 1.165) is 19.4 Å². The smallest absolute Gasteiger partial charge is 0.0270 e. The standard InChI is InChI=1S/C8H12N2.C7H10N2/c1-9-5-2-8-3-6-10-7-4-8;8-4-1-7-2-5-9-6-3-7/h3-4,6-7,9H,2,5H2,1H3;2-3,5-6H,1,4,8H2. The van der Waals surface area contributed by atoms with Gasteiger partial charge in [-0.1, -0.05) is 0 Å². The average Bonchev–Trinajstić information content (AvgIpc) is 2.48. The predicted octanol–water partition coefficient (Wildman–Crippen LogP) is 1.43. The van der Waals surface area contributed by atoms with Crippen molar-refractivity contribution in [1.82, 2.24) is 15.3 Å². The van der Waals surface area contributed by atoms with Crippen molar-refractivity contribution in [2.24, 2.45) is 5.73 Å². The highest BCUT2D eigenvalue weighted by Crippen LogP contribution is 1.95. The van der Waals surface area contributed by atoms with Gasteiger partial charge in [-0.05, 0) is 68.4 Å². The molecular weight excluding hydrogens is 236 g/mol. The van der Waals surface area contributed by atoms with Gasteiger partial charge in [0.2, 0.25) is 0 Å². The molecule has 4 heteroatoms. The molecule has 19 heavy (non-hydrogen) atoms. The van der Waals surface area contributed by atoms with Gasteiger partial charge in [0.1, 0.15) is 0 Å². The number of hydrogen-bond donors (Lipinski definition) is 2. The van der Waals surface area contributed by atoms with Crippen molar-refractivity contribution >= 4 is 0 Å². The van der Waals surface area contributed by atoms with Crippen molar-refractivity contribution in [3.8, 4) is 0 Å². The number of aromatic nitrogens is 2. The monoisotopic (exact) mass is 258 g/mol. The number of pyridine rings is 2. The van der Waals surface area contributed by atoms with E-state index in [2.05, 4.69) is 15.3 Å². The second-order valence-corrected chi connectivity index (χ2v) is 4.10. The fourth-order valence-corrected chi connectivity index (χ4v) is 1.53. The summed E-state index contributed by atoms with van der Waals surface area (Å²) >= 11 is 0. The molecule has 3 N–H and O–H groups in total. The van der Waals surface area contributed by atoms with Crippen LogP contribution in [0.3, 0.4) is 0 Å². The lowest BCUT2D eigenvalue weighted by molar-refractivity contribution is 0.791. The maximum atomic E-state index is 5.34. The molecule has 0 aliphatic carbocycles. The molecule has 0 amide bonds. The quantitative estimate of drug-likeness (QED) is 0.851. The van der Waals surface area contributed by atoms with Crippen LogP contribution in [0.4, 0.5) is 0 Å². The molecule has 0 unspecified atom stereocenters. The van der Waals surface area contributed by atoms with Gasteiger partial charge in [-0.3, -0.25) is 9.97 Å². The first-order chi connectivity index (χ1) is 9.36. The molecule has 0 saturated heterocycles. The van der Waals surface area contributed by atoms with Crippen LogP contribution in [0.2, 0.25) is 0 Å². The van der Waals surface area contributed by atoms with Crippen molar-refractivity contribution < 1.29 is 0 Å². The highest BCUT2D eigenvalue weighted by molar-refractivity contribution is 5.10. The van der Waals surface area contributed by atoms with Crippen LogP contribution >= 0.6 is 0 Å². The summed E-state index contributed by atoms with van der Waals surface area (Å²) in [5.74, 6) is 0. The summed E-state index contributed by atoms with van der Waals surface area (Å²) in [6, 6.07) is 8.04. The first-order valence-corrected chi connectivity index (χ1v) is 6.49. The Morgan fingerprint density at radius 1 is 0.895 bits per heavy atom. The first kappa shape index (κ1) is 15.3. The average molecular weight is 258 g/mol. The molecule has 2 heterocycles. The largest absolute Gasteiger partial charge is 0.330 e. The third-order valence-corrected chi connectivity index (χ3v) is 2.60. The Morgan fingerprint density at radius 2 is 1.37 bits per heavy atom. The maximum Gasteiger partial charge on any atom is 0.0270 e. The van der Waals surface area contributed by atoms with Crippen molar-refractivity contribution in [1.29, 1.82) is 0 Å². The molecule has 0 aliphatic rings. The Morgan fingerprint density at radius 3 is 1.79 bits per heavy atom. The summed E-state index contributed by atoms with van der Waals surface area (Å²) in [5.41, 5.74) is 7.93. The van der Waals surface area contributed by atoms with E-state index in [1.165, 1.54) is 11.1 Å². The molecule has 102 valence electrons. The van der Waals surface area contributed by atoms with E-state index in [1.54, 1.807) is 12.4 Å². The van der Waals surface area contributed by atoms with E-state index in [0.29, 0.717) is 6.54 Å². The van der Waals surface area contributed by atoms with E-state index < -0.39 is 0 Å². The molecule has 0 fully saturated rings. The number of rotatable bonds is 5. The molecule has 0 spiro atoms. The van der Waals surface area contributed by atoms with Crippen molar-refractivity contribution in [3.05, 3.63) is 60.2 Å². The first-order valence-electron chi connectivity index (χ1n) is 6.49. The van der Waals surface area contributed by atoms with Crippen LogP contribution in [-0.2, 0) is 12.8 Å². The SMILES string of the molecule is CNCCc1ccncc1.NCCc1ccncc1. The Balaban J connectivity index is 0.000000191. The zero-order chi connectivity index (χ0) is 13.8. The molecule has 0 aromatic carbocycles. The van der Waals surface area contributed by atoms with Crippen LogP contribution in [0.15, 0.2) is 49.1 Å². The van der Waals surface area contributed by atoms with Crippen LogP contribution in [0.1, 0.15) is 11.1 Å². The fourth-order valence-electron chi connectivity index (χ4n) is 1.53. The van der Waals surface area contributed by atoms with Crippen molar-refractivity contribution in [2.75, 3.05) is 20.1 Å². The normalized spacial score (nSPS) is 9.58. The number of nitrogens with zero attached hydrogens (tertiary/aromatic N) is 2. The van der Waals surface area contributed by atoms with Gasteiger partial charge in [-0.2, -0.15) is 0 Å². The highest BCUT2D eigenvalue weighted by atomic mass is 14.8. The van der Waals surface area contributed by atoms with Crippen LogP contribution in [-0.4, -0.2) is 30.1 Å². The number of likely N-dealkylation sites (N-methyl/N-ethyl adjacent to an activating group) is 1. The minimum atomic E-state index is 0.712. The molecular formula is C15H22N4. The topological polar surface area (TPSA) is 63.8 Å². The maximum absolute atomic E-state index is 5.34. The lowest BCUT2D eigenvalue weighted by Gasteiger charge is -1.97. The Labute approximate surface area is 115 Å². The van der Waals surface area contributed by atoms with Gasteiger partial charge >= 0.3 is 0 Å². The Kier molecular flexibility index (Phi) is 8.18. The Bertz CT molecular complexity index is 417. The van der Waals surface area contributed by atoms with Crippen LogP contribution in [0, 0.1) is 0 Å². The fraction of sp³-hybridized carbons (Fsp3) is 0.333. The highest BCUT2D eigenvalue weighted by Gasteiger charge is 1.87. The van der Waals surface area contributed by atoms with Gasteiger partial charge in [-0.25, -0.2) is 0 Å². The van der Waals surface area contributed by atoms with Crippen LogP contribution in [0.5, 0.6) is 0 Å². The molecule has 0 atom stereocenters. The van der Waals surface area contributed by atoms with Gasteiger partial charge in [0.15, 0.2) is 0 Å². The molecule has 0 radical (unpaired) electrons. The van der Waals surface area contributed by atoms with E-state index in [-0.39, 0.29) is 0 Å². The van der Waals surface area contributed by atoms with Crippen LogP contribution in [0.25, 0.3) is 0 Å². The van der Waals surface area contributed by atoms with Gasteiger partial charge in [0.05, 0.1) is 0 Å². The van der Waals surface area contributed by atoms with Gasteiger partial charge < -0.3 is 11.1 Å². The third-order valence-electron chi connectivity index (χ3n) is 2.60. The third kappa shape index (κ3) is 7.28.